The predicted molar refractivity (Wildman–Crippen MR) is 165 cm³/mol. The molecular formula is C34H29BrN2O3. The smallest absolute Gasteiger partial charge is 0.272 e. The zero-order valence-corrected chi connectivity index (χ0v) is 23.8. The zero-order valence-electron chi connectivity index (χ0n) is 22.2. The summed E-state index contributed by atoms with van der Waals surface area (Å²) >= 11 is 3.40. The number of amides is 2. The van der Waals surface area contributed by atoms with Gasteiger partial charge in [-0.05, 0) is 83.3 Å². The van der Waals surface area contributed by atoms with Crippen molar-refractivity contribution in [2.75, 3.05) is 5.32 Å². The van der Waals surface area contributed by atoms with Crippen molar-refractivity contribution in [1.29, 1.82) is 0 Å². The molecule has 0 aliphatic heterocycles. The van der Waals surface area contributed by atoms with E-state index in [0.29, 0.717) is 22.7 Å². The van der Waals surface area contributed by atoms with Gasteiger partial charge in [0, 0.05) is 21.3 Å². The number of nitrogens with one attached hydrogen (secondary N) is 2. The highest BCUT2D eigenvalue weighted by Gasteiger charge is 2.15. The highest BCUT2D eigenvalue weighted by molar-refractivity contribution is 9.10. The van der Waals surface area contributed by atoms with Crippen LogP contribution in [0.1, 0.15) is 57.2 Å². The maximum Gasteiger partial charge on any atom is 0.272 e. The SMILES string of the molecule is CC(C)c1ccc(/C=C(\NC(=O)c2ccccc2)C(=O)Nc2ccc(C(=O)/C=C/c3ccc(Br)cc3)cc2)cc1. The van der Waals surface area contributed by atoms with Gasteiger partial charge < -0.3 is 10.6 Å². The first-order valence-corrected chi connectivity index (χ1v) is 13.7. The molecule has 2 amide bonds. The van der Waals surface area contributed by atoms with Gasteiger partial charge in [-0.2, -0.15) is 0 Å². The van der Waals surface area contributed by atoms with Crippen LogP contribution >= 0.6 is 15.9 Å². The van der Waals surface area contributed by atoms with Crippen molar-refractivity contribution in [3.05, 3.63) is 147 Å². The lowest BCUT2D eigenvalue weighted by Crippen LogP contribution is -2.30. The summed E-state index contributed by atoms with van der Waals surface area (Å²) in [6, 6.07) is 30.8. The van der Waals surface area contributed by atoms with Crippen LogP contribution in [-0.2, 0) is 4.79 Å². The number of anilines is 1. The zero-order chi connectivity index (χ0) is 28.5. The minimum absolute atomic E-state index is 0.101. The van der Waals surface area contributed by atoms with E-state index < -0.39 is 5.91 Å². The van der Waals surface area contributed by atoms with Crippen molar-refractivity contribution in [2.45, 2.75) is 19.8 Å². The van der Waals surface area contributed by atoms with Crippen LogP contribution < -0.4 is 10.6 Å². The van der Waals surface area contributed by atoms with Crippen LogP contribution in [0.25, 0.3) is 12.2 Å². The van der Waals surface area contributed by atoms with E-state index in [9.17, 15) is 14.4 Å². The van der Waals surface area contributed by atoms with Crippen molar-refractivity contribution >= 4 is 51.4 Å². The molecule has 0 saturated carbocycles. The minimum atomic E-state index is -0.480. The molecule has 0 aromatic heterocycles. The van der Waals surface area contributed by atoms with E-state index in [-0.39, 0.29) is 17.4 Å². The molecule has 0 radical (unpaired) electrons. The Morgan fingerprint density at radius 1 is 0.725 bits per heavy atom. The molecule has 4 aromatic rings. The lowest BCUT2D eigenvalue weighted by atomic mass is 10.0. The van der Waals surface area contributed by atoms with Crippen molar-refractivity contribution in [3.8, 4) is 0 Å². The highest BCUT2D eigenvalue weighted by atomic mass is 79.9. The van der Waals surface area contributed by atoms with Gasteiger partial charge in [0.1, 0.15) is 5.70 Å². The number of halogens is 1. The van der Waals surface area contributed by atoms with Gasteiger partial charge in [0.2, 0.25) is 0 Å². The van der Waals surface area contributed by atoms with E-state index in [1.54, 1.807) is 60.7 Å². The van der Waals surface area contributed by atoms with E-state index in [4.69, 9.17) is 0 Å². The Hall–Kier alpha value is -4.55. The molecule has 4 rings (SSSR count). The molecule has 0 bridgehead atoms. The fraction of sp³-hybridized carbons (Fsp3) is 0.0882. The summed E-state index contributed by atoms with van der Waals surface area (Å²) < 4.78 is 0.968. The lowest BCUT2D eigenvalue weighted by molar-refractivity contribution is -0.113. The molecule has 0 unspecified atom stereocenters. The summed E-state index contributed by atoms with van der Waals surface area (Å²) in [6.07, 6.45) is 4.91. The molecular weight excluding hydrogens is 564 g/mol. The Morgan fingerprint density at radius 2 is 1.35 bits per heavy atom. The molecule has 0 saturated heterocycles. The fourth-order valence-electron chi connectivity index (χ4n) is 3.84. The van der Waals surface area contributed by atoms with E-state index in [2.05, 4.69) is 40.4 Å². The molecule has 2 N–H and O–H groups in total. The predicted octanol–water partition coefficient (Wildman–Crippen LogP) is 7.88. The quantitative estimate of drug-likeness (QED) is 0.153. The normalized spacial score (nSPS) is 11.4. The van der Waals surface area contributed by atoms with Crippen LogP contribution in [0, 0.1) is 0 Å². The monoisotopic (exact) mass is 592 g/mol. The average molecular weight is 594 g/mol. The first-order chi connectivity index (χ1) is 19.3. The van der Waals surface area contributed by atoms with Gasteiger partial charge >= 0.3 is 0 Å². The Morgan fingerprint density at radius 3 is 1.98 bits per heavy atom. The van der Waals surface area contributed by atoms with Crippen molar-refractivity contribution < 1.29 is 14.4 Å². The summed E-state index contributed by atoms with van der Waals surface area (Å²) in [5, 5.41) is 5.57. The van der Waals surface area contributed by atoms with Crippen LogP contribution in [0.3, 0.4) is 0 Å². The fourth-order valence-corrected chi connectivity index (χ4v) is 4.11. The maximum atomic E-state index is 13.3. The van der Waals surface area contributed by atoms with Gasteiger partial charge in [-0.1, -0.05) is 90.5 Å². The molecule has 4 aromatic carbocycles. The standard InChI is InChI=1S/C34H29BrN2O3/c1-23(2)26-13-8-25(9-14-26)22-31(37-33(39)28-6-4-3-5-7-28)34(40)36-30-19-15-27(16-20-30)32(38)21-12-24-10-17-29(35)18-11-24/h3-23H,1-2H3,(H,36,40)(H,37,39)/b21-12+,31-22-. The number of ketones is 1. The van der Waals surface area contributed by atoms with Crippen LogP contribution in [0.15, 0.2) is 119 Å². The van der Waals surface area contributed by atoms with Crippen molar-refractivity contribution in [2.24, 2.45) is 0 Å². The largest absolute Gasteiger partial charge is 0.321 e. The van der Waals surface area contributed by atoms with Crippen molar-refractivity contribution in [1.82, 2.24) is 5.32 Å². The van der Waals surface area contributed by atoms with E-state index in [1.807, 2.05) is 54.6 Å². The van der Waals surface area contributed by atoms with Gasteiger partial charge in [0.15, 0.2) is 5.78 Å². The number of rotatable bonds is 9. The number of carbonyl (C=O) groups is 3. The minimum Gasteiger partial charge on any atom is -0.321 e. The number of benzene rings is 4. The molecule has 0 aliphatic carbocycles. The second kappa shape index (κ2) is 13.5. The molecule has 0 fully saturated rings. The first-order valence-electron chi connectivity index (χ1n) is 12.9. The Labute approximate surface area is 242 Å². The van der Waals surface area contributed by atoms with Gasteiger partial charge in [-0.3, -0.25) is 14.4 Å². The van der Waals surface area contributed by atoms with E-state index in [0.717, 1.165) is 15.6 Å². The molecule has 200 valence electrons. The molecule has 0 aliphatic rings. The molecule has 0 heterocycles. The number of carbonyl (C=O) groups excluding carboxylic acids is 3. The Balaban J connectivity index is 1.50. The van der Waals surface area contributed by atoms with Crippen LogP contribution in [-0.4, -0.2) is 17.6 Å². The summed E-state index contributed by atoms with van der Waals surface area (Å²) in [7, 11) is 0. The lowest BCUT2D eigenvalue weighted by Gasteiger charge is -2.12. The van der Waals surface area contributed by atoms with Gasteiger partial charge in [0.25, 0.3) is 11.8 Å². The molecule has 40 heavy (non-hydrogen) atoms. The number of hydrogen-bond donors (Lipinski definition) is 2. The van der Waals surface area contributed by atoms with E-state index >= 15 is 0 Å². The van der Waals surface area contributed by atoms with Gasteiger partial charge in [0.05, 0.1) is 0 Å². The average Bonchev–Trinajstić information content (AvgIpc) is 2.97. The third kappa shape index (κ3) is 7.98. The van der Waals surface area contributed by atoms with Gasteiger partial charge in [-0.25, -0.2) is 0 Å². The summed E-state index contributed by atoms with van der Waals surface area (Å²) in [5.41, 5.74) is 4.40. The maximum absolute atomic E-state index is 13.3. The van der Waals surface area contributed by atoms with Crippen molar-refractivity contribution in [3.63, 3.8) is 0 Å². The first kappa shape index (κ1) is 28.5. The Kier molecular flexibility index (Phi) is 9.60. The van der Waals surface area contributed by atoms with Crippen LogP contribution in [0.5, 0.6) is 0 Å². The van der Waals surface area contributed by atoms with E-state index in [1.165, 1.54) is 11.6 Å². The van der Waals surface area contributed by atoms with Gasteiger partial charge in [-0.15, -0.1) is 0 Å². The molecule has 0 atom stereocenters. The number of hydrogen-bond acceptors (Lipinski definition) is 3. The second-order valence-corrected chi connectivity index (χ2v) is 10.4. The number of allylic oxidation sites excluding steroid dienone is 1. The topological polar surface area (TPSA) is 75.3 Å². The van der Waals surface area contributed by atoms with Crippen LogP contribution in [0.2, 0.25) is 0 Å². The Bertz CT molecular complexity index is 1540. The highest BCUT2D eigenvalue weighted by Crippen LogP contribution is 2.18. The summed E-state index contributed by atoms with van der Waals surface area (Å²) in [6.45, 7) is 4.23. The molecule has 6 heteroatoms. The molecule has 0 spiro atoms. The van der Waals surface area contributed by atoms with Crippen LogP contribution in [0.4, 0.5) is 5.69 Å². The summed E-state index contributed by atoms with van der Waals surface area (Å²) in [4.78, 5) is 38.8. The summed E-state index contributed by atoms with van der Waals surface area (Å²) in [5.74, 6) is -0.642. The second-order valence-electron chi connectivity index (χ2n) is 9.48. The third-order valence-corrected chi connectivity index (χ3v) is 6.70. The molecule has 5 nitrogen and oxygen atoms in total. The third-order valence-electron chi connectivity index (χ3n) is 6.17.